The molecule has 2 amide bonds. The predicted octanol–water partition coefficient (Wildman–Crippen LogP) is 5.48. The van der Waals surface area contributed by atoms with Crippen molar-refractivity contribution in [1.29, 1.82) is 0 Å². The predicted molar refractivity (Wildman–Crippen MR) is 135 cm³/mol. The molecule has 4 aromatic carbocycles. The number of hydrogen-bond acceptors (Lipinski definition) is 3. The lowest BCUT2D eigenvalue weighted by atomic mass is 10.0. The molecule has 0 aliphatic carbocycles. The van der Waals surface area contributed by atoms with Crippen LogP contribution in [0.4, 0.5) is 5.69 Å². The number of nitrogens with zero attached hydrogens (tertiary/aromatic N) is 1. The van der Waals surface area contributed by atoms with Crippen molar-refractivity contribution in [2.45, 2.75) is 29.7 Å². The van der Waals surface area contributed by atoms with Crippen molar-refractivity contribution in [1.82, 2.24) is 5.32 Å². The molecule has 0 aromatic heterocycles. The molecule has 5 rings (SSSR count). The quantitative estimate of drug-likeness (QED) is 0.403. The summed E-state index contributed by atoms with van der Waals surface area (Å²) in [7, 11) is 0. The summed E-state index contributed by atoms with van der Waals surface area (Å²) in [5, 5.41) is 5.32. The van der Waals surface area contributed by atoms with Gasteiger partial charge in [-0.3, -0.25) is 9.59 Å². The molecular formula is C28H24N2O3S. The molecular weight excluding hydrogens is 444 g/mol. The topological polar surface area (TPSA) is 72.5 Å². The van der Waals surface area contributed by atoms with E-state index < -0.39 is 11.2 Å². The molecule has 0 saturated heterocycles. The van der Waals surface area contributed by atoms with Crippen LogP contribution in [0.2, 0.25) is 0 Å². The van der Waals surface area contributed by atoms with Crippen LogP contribution < -0.4 is 10.2 Å². The van der Waals surface area contributed by atoms with E-state index in [1.165, 1.54) is 0 Å². The molecule has 2 atom stereocenters. The van der Waals surface area contributed by atoms with Gasteiger partial charge in [0.05, 0.1) is 11.6 Å². The molecule has 5 nitrogen and oxygen atoms in total. The molecule has 6 heteroatoms. The fraction of sp³-hybridized carbons (Fsp3) is 0.143. The van der Waals surface area contributed by atoms with Crippen LogP contribution >= 0.6 is 0 Å². The zero-order valence-electron chi connectivity index (χ0n) is 18.9. The number of anilines is 1. The standard InChI is InChI=1S/C28H24N2O3S/c1-3-30-24-17-22(14-15-26(24)34(33)25-11-7-6-10-23(25)28(30)32)27(31)29-18(2)20-13-12-19-8-4-5-9-21(19)16-20/h4-18H,3H2,1-2H3,(H,29,31)/t18-,34+/m1/s1. The van der Waals surface area contributed by atoms with Crippen molar-refractivity contribution < 1.29 is 14.1 Å². The van der Waals surface area contributed by atoms with E-state index >= 15 is 0 Å². The Balaban J connectivity index is 1.46. The van der Waals surface area contributed by atoms with E-state index in [9.17, 15) is 14.1 Å². The van der Waals surface area contributed by atoms with E-state index in [0.29, 0.717) is 33.2 Å². The second-order valence-corrected chi connectivity index (χ2v) is 9.72. The number of benzene rings is 4. The van der Waals surface area contributed by atoms with Gasteiger partial charge >= 0.3 is 0 Å². The molecule has 0 saturated carbocycles. The van der Waals surface area contributed by atoms with Crippen LogP contribution in [0.25, 0.3) is 10.8 Å². The van der Waals surface area contributed by atoms with Gasteiger partial charge in [0, 0.05) is 23.3 Å². The van der Waals surface area contributed by atoms with Crippen LogP contribution in [0.5, 0.6) is 0 Å². The summed E-state index contributed by atoms with van der Waals surface area (Å²) in [6, 6.07) is 26.0. The van der Waals surface area contributed by atoms with Gasteiger partial charge < -0.3 is 14.8 Å². The summed E-state index contributed by atoms with van der Waals surface area (Å²) in [5.41, 5.74) is 2.35. The van der Waals surface area contributed by atoms with Gasteiger partial charge in [-0.05, 0) is 66.6 Å². The lowest BCUT2D eigenvalue weighted by molar-refractivity contribution is 0.0937. The van der Waals surface area contributed by atoms with Gasteiger partial charge in [-0.15, -0.1) is 0 Å². The zero-order chi connectivity index (χ0) is 23.8. The van der Waals surface area contributed by atoms with Gasteiger partial charge in [0.2, 0.25) is 0 Å². The van der Waals surface area contributed by atoms with Crippen molar-refractivity contribution in [3.63, 3.8) is 0 Å². The van der Waals surface area contributed by atoms with Crippen LogP contribution in [0, 0.1) is 0 Å². The van der Waals surface area contributed by atoms with Gasteiger partial charge in [0.1, 0.15) is 5.69 Å². The number of carbonyl (C=O) groups is 2. The minimum absolute atomic E-state index is 0.210. The fourth-order valence-electron chi connectivity index (χ4n) is 4.36. The minimum atomic E-state index is -1.52. The summed E-state index contributed by atoms with van der Waals surface area (Å²) in [6.07, 6.45) is 0. The molecule has 170 valence electrons. The van der Waals surface area contributed by atoms with Gasteiger partial charge in [-0.1, -0.05) is 48.5 Å². The van der Waals surface area contributed by atoms with E-state index in [-0.39, 0.29) is 17.9 Å². The summed E-state index contributed by atoms with van der Waals surface area (Å²) < 4.78 is 13.3. The summed E-state index contributed by atoms with van der Waals surface area (Å²) >= 11 is -1.52. The molecule has 0 fully saturated rings. The first kappa shape index (κ1) is 22.2. The largest absolute Gasteiger partial charge is 0.606 e. The van der Waals surface area contributed by atoms with Crippen LogP contribution in [0.3, 0.4) is 0 Å². The lowest BCUT2D eigenvalue weighted by Gasteiger charge is -2.21. The first-order chi connectivity index (χ1) is 16.5. The maximum absolute atomic E-state index is 13.3. The van der Waals surface area contributed by atoms with E-state index in [1.807, 2.05) is 44.2 Å². The lowest BCUT2D eigenvalue weighted by Crippen LogP contribution is -2.31. The Morgan fingerprint density at radius 2 is 1.68 bits per heavy atom. The third kappa shape index (κ3) is 3.85. The Hall–Kier alpha value is -3.61. The molecule has 0 bridgehead atoms. The number of hydrogen-bond donors (Lipinski definition) is 1. The highest BCUT2D eigenvalue weighted by Crippen LogP contribution is 2.37. The van der Waals surface area contributed by atoms with E-state index in [0.717, 1.165) is 16.3 Å². The van der Waals surface area contributed by atoms with Gasteiger partial charge in [0.15, 0.2) is 9.79 Å². The molecule has 1 aliphatic heterocycles. The number of amides is 2. The number of rotatable bonds is 4. The van der Waals surface area contributed by atoms with Crippen molar-refractivity contribution in [2.24, 2.45) is 0 Å². The molecule has 34 heavy (non-hydrogen) atoms. The number of nitrogens with one attached hydrogen (secondary N) is 1. The maximum Gasteiger partial charge on any atom is 0.263 e. The molecule has 0 unspecified atom stereocenters. The van der Waals surface area contributed by atoms with Crippen molar-refractivity contribution in [2.75, 3.05) is 11.4 Å². The van der Waals surface area contributed by atoms with Gasteiger partial charge in [0.25, 0.3) is 11.8 Å². The smallest absolute Gasteiger partial charge is 0.263 e. The maximum atomic E-state index is 13.3. The van der Waals surface area contributed by atoms with Crippen molar-refractivity contribution >= 4 is 39.5 Å². The average molecular weight is 469 g/mol. The number of fused-ring (bicyclic) bond motifs is 3. The fourth-order valence-corrected chi connectivity index (χ4v) is 5.70. The monoisotopic (exact) mass is 468 g/mol. The molecule has 4 aromatic rings. The second-order valence-electron chi connectivity index (χ2n) is 8.30. The van der Waals surface area contributed by atoms with E-state index in [1.54, 1.807) is 47.4 Å². The molecule has 1 aliphatic rings. The first-order valence-corrected chi connectivity index (χ1v) is 12.4. The average Bonchev–Trinajstić information content (AvgIpc) is 2.96. The first-order valence-electron chi connectivity index (χ1n) is 11.2. The SMILES string of the molecule is CCN1C(=O)c2ccccc2[S@+]([O-])c2ccc(C(=O)N[C@H](C)c3ccc4ccccc4c3)cc21. The van der Waals surface area contributed by atoms with Gasteiger partial charge in [-0.2, -0.15) is 0 Å². The Morgan fingerprint density at radius 1 is 0.941 bits per heavy atom. The van der Waals surface area contributed by atoms with Crippen LogP contribution in [0.1, 0.15) is 46.2 Å². The Morgan fingerprint density at radius 3 is 2.47 bits per heavy atom. The normalized spacial score (nSPS) is 15.9. The highest BCUT2D eigenvalue weighted by atomic mass is 32.2. The number of carbonyl (C=O) groups excluding carboxylic acids is 2. The summed E-state index contributed by atoms with van der Waals surface area (Å²) in [4.78, 5) is 29.0. The third-order valence-corrected chi connectivity index (χ3v) is 7.71. The molecule has 1 N–H and O–H groups in total. The molecule has 0 radical (unpaired) electrons. The zero-order valence-corrected chi connectivity index (χ0v) is 19.8. The third-order valence-electron chi connectivity index (χ3n) is 6.21. The van der Waals surface area contributed by atoms with E-state index in [2.05, 4.69) is 17.4 Å². The van der Waals surface area contributed by atoms with Gasteiger partial charge in [-0.25, -0.2) is 0 Å². The second kappa shape index (κ2) is 8.97. The van der Waals surface area contributed by atoms with Crippen molar-refractivity contribution in [3.05, 3.63) is 102 Å². The Labute approximate surface area is 201 Å². The summed E-state index contributed by atoms with van der Waals surface area (Å²) in [6.45, 7) is 4.21. The molecule has 1 heterocycles. The minimum Gasteiger partial charge on any atom is -0.606 e. The Kier molecular flexibility index (Phi) is 5.86. The van der Waals surface area contributed by atoms with Crippen molar-refractivity contribution in [3.8, 4) is 0 Å². The summed E-state index contributed by atoms with van der Waals surface area (Å²) in [5.74, 6) is -0.466. The molecule has 0 spiro atoms. The highest BCUT2D eigenvalue weighted by molar-refractivity contribution is 7.91. The van der Waals surface area contributed by atoms with E-state index in [4.69, 9.17) is 0 Å². The highest BCUT2D eigenvalue weighted by Gasteiger charge is 2.35. The van der Waals surface area contributed by atoms with Crippen LogP contribution in [-0.2, 0) is 11.2 Å². The van der Waals surface area contributed by atoms with Crippen LogP contribution in [-0.4, -0.2) is 22.9 Å². The Bertz CT molecular complexity index is 1420. The van der Waals surface area contributed by atoms with Crippen LogP contribution in [0.15, 0.2) is 94.7 Å².